The average molecular weight is 164 g/mol. The molecule has 3 heteroatoms. The van der Waals surface area contributed by atoms with Gasteiger partial charge in [-0.25, -0.2) is 0 Å². The first-order valence-electron chi connectivity index (χ1n) is 3.80. The lowest BCUT2D eigenvalue weighted by atomic mass is 10.2. The molecule has 1 heterocycles. The highest BCUT2D eigenvalue weighted by molar-refractivity contribution is 5.51. The van der Waals surface area contributed by atoms with E-state index in [9.17, 15) is 4.79 Å². The maximum Gasteiger partial charge on any atom is 0.248 e. The van der Waals surface area contributed by atoms with Crippen molar-refractivity contribution < 1.29 is 0 Å². The van der Waals surface area contributed by atoms with Crippen LogP contribution in [0.15, 0.2) is 23.0 Å². The van der Waals surface area contributed by atoms with E-state index >= 15 is 0 Å². The summed E-state index contributed by atoms with van der Waals surface area (Å²) in [6.45, 7) is 2.37. The second kappa shape index (κ2) is 3.88. The van der Waals surface area contributed by atoms with Crippen LogP contribution in [0, 0.1) is 6.92 Å². The normalized spacial score (nSPS) is 10.8. The molecule has 0 saturated carbocycles. The summed E-state index contributed by atoms with van der Waals surface area (Å²) >= 11 is 0. The maximum absolute atomic E-state index is 10.8. The Hall–Kier alpha value is -1.35. The van der Waals surface area contributed by atoms with E-state index in [2.05, 4.69) is 4.98 Å². The summed E-state index contributed by atoms with van der Waals surface area (Å²) in [5.41, 5.74) is 7.09. The van der Waals surface area contributed by atoms with Crippen LogP contribution in [-0.4, -0.2) is 11.5 Å². The van der Waals surface area contributed by atoms with Gasteiger partial charge in [0.1, 0.15) is 0 Å². The second-order valence-electron chi connectivity index (χ2n) is 2.54. The van der Waals surface area contributed by atoms with Crippen LogP contribution in [0.5, 0.6) is 0 Å². The summed E-state index contributed by atoms with van der Waals surface area (Å²) in [6, 6.07) is 3.28. The van der Waals surface area contributed by atoms with Gasteiger partial charge in [-0.2, -0.15) is 0 Å². The Kier molecular flexibility index (Phi) is 2.82. The van der Waals surface area contributed by atoms with Gasteiger partial charge in [-0.3, -0.25) is 4.79 Å². The highest BCUT2D eigenvalue weighted by atomic mass is 16.1. The fourth-order valence-corrected chi connectivity index (χ4v) is 0.965. The van der Waals surface area contributed by atoms with Crippen molar-refractivity contribution in [1.29, 1.82) is 0 Å². The topological polar surface area (TPSA) is 58.9 Å². The minimum Gasteiger partial charge on any atom is -0.327 e. The van der Waals surface area contributed by atoms with E-state index in [1.54, 1.807) is 6.07 Å². The quantitative estimate of drug-likeness (QED) is 0.674. The molecule has 0 aliphatic heterocycles. The summed E-state index contributed by atoms with van der Waals surface area (Å²) in [6.07, 6.45) is 3.74. The van der Waals surface area contributed by atoms with Crippen molar-refractivity contribution in [3.8, 4) is 0 Å². The van der Waals surface area contributed by atoms with Gasteiger partial charge in [-0.1, -0.05) is 12.2 Å². The first-order chi connectivity index (χ1) is 5.74. The predicted octanol–water partition coefficient (Wildman–Crippen LogP) is 0.655. The lowest BCUT2D eigenvalue weighted by Crippen LogP contribution is -2.05. The van der Waals surface area contributed by atoms with E-state index in [0.717, 1.165) is 11.3 Å². The van der Waals surface area contributed by atoms with Gasteiger partial charge in [-0.15, -0.1) is 0 Å². The van der Waals surface area contributed by atoms with Crippen molar-refractivity contribution in [3.63, 3.8) is 0 Å². The Balaban J connectivity index is 3.01. The number of hydrogen-bond acceptors (Lipinski definition) is 2. The third kappa shape index (κ3) is 2.07. The van der Waals surface area contributed by atoms with E-state index in [1.807, 2.05) is 19.1 Å². The Morgan fingerprint density at radius 3 is 2.92 bits per heavy atom. The molecule has 0 saturated heterocycles. The number of nitrogens with one attached hydrogen (secondary N) is 1. The molecule has 64 valence electrons. The Labute approximate surface area is 70.9 Å². The summed E-state index contributed by atoms with van der Waals surface area (Å²) in [5.74, 6) is 0. The van der Waals surface area contributed by atoms with Gasteiger partial charge in [0.2, 0.25) is 5.56 Å². The van der Waals surface area contributed by atoms with Gasteiger partial charge in [0, 0.05) is 18.3 Å². The molecule has 0 atom stereocenters. The van der Waals surface area contributed by atoms with Crippen molar-refractivity contribution in [2.45, 2.75) is 6.92 Å². The molecule has 0 bridgehead atoms. The van der Waals surface area contributed by atoms with Crippen LogP contribution >= 0.6 is 0 Å². The van der Waals surface area contributed by atoms with E-state index in [-0.39, 0.29) is 5.56 Å². The number of aromatic amines is 1. The highest BCUT2D eigenvalue weighted by Gasteiger charge is 1.92. The molecular weight excluding hydrogens is 152 g/mol. The molecule has 0 radical (unpaired) electrons. The molecular formula is C9H12N2O. The van der Waals surface area contributed by atoms with Gasteiger partial charge >= 0.3 is 0 Å². The van der Waals surface area contributed by atoms with E-state index in [0.29, 0.717) is 6.54 Å². The molecule has 0 amide bonds. The summed E-state index contributed by atoms with van der Waals surface area (Å²) < 4.78 is 0. The number of nitrogens with two attached hydrogens (primary N) is 1. The van der Waals surface area contributed by atoms with Crippen LogP contribution in [-0.2, 0) is 0 Å². The Bertz CT molecular complexity index is 339. The largest absolute Gasteiger partial charge is 0.327 e. The molecule has 3 N–H and O–H groups in total. The first-order valence-corrected chi connectivity index (χ1v) is 3.80. The van der Waals surface area contributed by atoms with Gasteiger partial charge in [-0.05, 0) is 18.6 Å². The van der Waals surface area contributed by atoms with Crippen LogP contribution in [0.3, 0.4) is 0 Å². The van der Waals surface area contributed by atoms with Crippen molar-refractivity contribution in [1.82, 2.24) is 4.98 Å². The number of aryl methyl sites for hydroxylation is 1. The molecule has 0 unspecified atom stereocenters. The highest BCUT2D eigenvalue weighted by Crippen LogP contribution is 2.02. The third-order valence-electron chi connectivity index (χ3n) is 1.59. The fourth-order valence-electron chi connectivity index (χ4n) is 0.965. The Morgan fingerprint density at radius 1 is 1.58 bits per heavy atom. The zero-order valence-corrected chi connectivity index (χ0v) is 7.00. The maximum atomic E-state index is 10.8. The summed E-state index contributed by atoms with van der Waals surface area (Å²) in [4.78, 5) is 13.5. The van der Waals surface area contributed by atoms with Crippen LogP contribution < -0.4 is 11.3 Å². The van der Waals surface area contributed by atoms with Crippen LogP contribution in [0.25, 0.3) is 6.08 Å². The average Bonchev–Trinajstić information content (AvgIpc) is 2.03. The Morgan fingerprint density at radius 2 is 2.33 bits per heavy atom. The minimum atomic E-state index is -0.0719. The van der Waals surface area contributed by atoms with E-state index in [1.165, 1.54) is 6.07 Å². The molecule has 0 aliphatic rings. The molecule has 1 aromatic heterocycles. The van der Waals surface area contributed by atoms with Crippen LogP contribution in [0.2, 0.25) is 0 Å². The lowest BCUT2D eigenvalue weighted by Gasteiger charge is -1.97. The minimum absolute atomic E-state index is 0.0719. The molecule has 12 heavy (non-hydrogen) atoms. The summed E-state index contributed by atoms with van der Waals surface area (Å²) in [7, 11) is 0. The van der Waals surface area contributed by atoms with Crippen molar-refractivity contribution in [2.75, 3.05) is 6.54 Å². The molecule has 0 aliphatic carbocycles. The number of H-pyrrole nitrogens is 1. The van der Waals surface area contributed by atoms with E-state index in [4.69, 9.17) is 5.73 Å². The monoisotopic (exact) mass is 164 g/mol. The van der Waals surface area contributed by atoms with Crippen molar-refractivity contribution in [3.05, 3.63) is 39.8 Å². The second-order valence-corrected chi connectivity index (χ2v) is 2.54. The first kappa shape index (κ1) is 8.74. The lowest BCUT2D eigenvalue weighted by molar-refractivity contribution is 1.13. The van der Waals surface area contributed by atoms with Crippen molar-refractivity contribution in [2.24, 2.45) is 5.73 Å². The molecule has 0 aromatic carbocycles. The van der Waals surface area contributed by atoms with Gasteiger partial charge in [0.25, 0.3) is 0 Å². The summed E-state index contributed by atoms with van der Waals surface area (Å²) in [5, 5.41) is 0. The molecule has 0 fully saturated rings. The van der Waals surface area contributed by atoms with Gasteiger partial charge in [0.15, 0.2) is 0 Å². The number of pyridine rings is 1. The predicted molar refractivity (Wildman–Crippen MR) is 49.9 cm³/mol. The van der Waals surface area contributed by atoms with Crippen LogP contribution in [0.1, 0.15) is 11.3 Å². The van der Waals surface area contributed by atoms with Gasteiger partial charge < -0.3 is 10.7 Å². The standard InChI is InChI=1S/C9H12N2O/c1-7-8(3-2-6-10)4-5-9(12)11-7/h2-5H,6,10H2,1H3,(H,11,12). The molecule has 1 rings (SSSR count). The number of hydrogen-bond donors (Lipinski definition) is 2. The van der Waals surface area contributed by atoms with Gasteiger partial charge in [0.05, 0.1) is 0 Å². The fraction of sp³-hybridized carbons (Fsp3) is 0.222. The number of rotatable bonds is 2. The third-order valence-corrected chi connectivity index (χ3v) is 1.59. The zero-order chi connectivity index (χ0) is 8.97. The number of aromatic nitrogens is 1. The smallest absolute Gasteiger partial charge is 0.248 e. The SMILES string of the molecule is Cc1[nH]c(=O)ccc1C=CCN. The zero-order valence-electron chi connectivity index (χ0n) is 7.00. The van der Waals surface area contributed by atoms with Crippen molar-refractivity contribution >= 4 is 6.08 Å². The molecule has 3 nitrogen and oxygen atoms in total. The molecule has 1 aromatic rings. The van der Waals surface area contributed by atoms with Crippen LogP contribution in [0.4, 0.5) is 0 Å². The molecule has 0 spiro atoms. The van der Waals surface area contributed by atoms with E-state index < -0.39 is 0 Å².